The molecule has 1 rings (SSSR count). The van der Waals surface area contributed by atoms with Crippen molar-refractivity contribution in [3.8, 4) is 0 Å². The molecule has 0 unspecified atom stereocenters. The molecule has 1 heterocycles. The number of aliphatic carboxylic acids is 2. The van der Waals surface area contributed by atoms with Gasteiger partial charge in [0.25, 0.3) is 5.91 Å². The molecule has 19 heavy (non-hydrogen) atoms. The molecule has 0 saturated heterocycles. The predicted molar refractivity (Wildman–Crippen MR) is 64.6 cm³/mol. The first-order chi connectivity index (χ1) is 9.00. The fraction of sp³-hybridized carbons (Fsp3) is 0.333. The fourth-order valence-corrected chi connectivity index (χ4v) is 1.44. The molecule has 3 N–H and O–H groups in total. The Hall–Kier alpha value is -2.44. The summed E-state index contributed by atoms with van der Waals surface area (Å²) in [6.45, 7) is 0. The van der Waals surface area contributed by atoms with Crippen LogP contribution in [0.5, 0.6) is 0 Å². The highest BCUT2D eigenvalue weighted by atomic mass is 16.4. The standard InChI is InChI=1S/C12H14N2O5/c15-10(16)6-3-5-9(12(18)19)14-11(17)8-4-1-2-7-13-8/h1-2,4,7,9H,3,5-6H2,(H,14,17)(H,15,16)(H,18,19)/t9-/m1/s1. The molecule has 0 aliphatic heterocycles. The first kappa shape index (κ1) is 14.6. The van der Waals surface area contributed by atoms with Crippen LogP contribution in [-0.4, -0.2) is 39.1 Å². The van der Waals surface area contributed by atoms with Gasteiger partial charge in [-0.15, -0.1) is 0 Å². The van der Waals surface area contributed by atoms with E-state index in [2.05, 4.69) is 10.3 Å². The third-order valence-corrected chi connectivity index (χ3v) is 2.38. The van der Waals surface area contributed by atoms with Crippen LogP contribution in [0.25, 0.3) is 0 Å². The number of nitrogens with one attached hydrogen (secondary N) is 1. The van der Waals surface area contributed by atoms with Crippen LogP contribution in [0, 0.1) is 0 Å². The van der Waals surface area contributed by atoms with Crippen molar-refractivity contribution < 1.29 is 24.6 Å². The summed E-state index contributed by atoms with van der Waals surface area (Å²) in [5.74, 6) is -2.79. The monoisotopic (exact) mass is 266 g/mol. The lowest BCUT2D eigenvalue weighted by atomic mass is 10.1. The van der Waals surface area contributed by atoms with Gasteiger partial charge in [0.1, 0.15) is 11.7 Å². The van der Waals surface area contributed by atoms with E-state index >= 15 is 0 Å². The number of hydrogen-bond donors (Lipinski definition) is 3. The van der Waals surface area contributed by atoms with Crippen molar-refractivity contribution in [2.75, 3.05) is 0 Å². The Morgan fingerprint density at radius 1 is 1.26 bits per heavy atom. The molecular weight excluding hydrogens is 252 g/mol. The number of aromatic nitrogens is 1. The molecule has 1 amide bonds. The highest BCUT2D eigenvalue weighted by Gasteiger charge is 2.21. The van der Waals surface area contributed by atoms with Gasteiger partial charge in [-0.25, -0.2) is 4.79 Å². The van der Waals surface area contributed by atoms with E-state index in [9.17, 15) is 14.4 Å². The van der Waals surface area contributed by atoms with Crippen LogP contribution in [-0.2, 0) is 9.59 Å². The van der Waals surface area contributed by atoms with Crippen molar-refractivity contribution in [1.29, 1.82) is 0 Å². The normalized spacial score (nSPS) is 11.6. The van der Waals surface area contributed by atoms with Crippen molar-refractivity contribution in [2.45, 2.75) is 25.3 Å². The summed E-state index contributed by atoms with van der Waals surface area (Å²) in [5.41, 5.74) is 0.118. The molecule has 7 heteroatoms. The second kappa shape index (κ2) is 7.10. The minimum Gasteiger partial charge on any atom is -0.481 e. The van der Waals surface area contributed by atoms with E-state index in [1.807, 2.05) is 0 Å². The van der Waals surface area contributed by atoms with Crippen LogP contribution in [0.3, 0.4) is 0 Å². The number of carbonyl (C=O) groups excluding carboxylic acids is 1. The summed E-state index contributed by atoms with van der Waals surface area (Å²) in [6, 6.07) is 3.60. The second-order valence-corrected chi connectivity index (χ2v) is 3.87. The van der Waals surface area contributed by atoms with Crippen LogP contribution in [0.4, 0.5) is 0 Å². The van der Waals surface area contributed by atoms with Gasteiger partial charge in [0.15, 0.2) is 0 Å². The van der Waals surface area contributed by atoms with Crippen molar-refractivity contribution in [1.82, 2.24) is 10.3 Å². The van der Waals surface area contributed by atoms with Gasteiger partial charge in [-0.1, -0.05) is 6.07 Å². The summed E-state index contributed by atoms with van der Waals surface area (Å²) < 4.78 is 0. The van der Waals surface area contributed by atoms with Crippen LogP contribution in [0.1, 0.15) is 29.8 Å². The highest BCUT2D eigenvalue weighted by Crippen LogP contribution is 2.03. The first-order valence-electron chi connectivity index (χ1n) is 5.67. The Kier molecular flexibility index (Phi) is 5.46. The molecule has 0 fully saturated rings. The van der Waals surface area contributed by atoms with Gasteiger partial charge in [-0.3, -0.25) is 14.6 Å². The topological polar surface area (TPSA) is 117 Å². The minimum absolute atomic E-state index is 0.0558. The summed E-state index contributed by atoms with van der Waals surface area (Å²) in [6.07, 6.45) is 1.52. The zero-order valence-corrected chi connectivity index (χ0v) is 10.1. The Labute approximate surface area is 109 Å². The lowest BCUT2D eigenvalue weighted by Gasteiger charge is -2.13. The molecular formula is C12H14N2O5. The Morgan fingerprint density at radius 3 is 2.53 bits per heavy atom. The average molecular weight is 266 g/mol. The van der Waals surface area contributed by atoms with Gasteiger partial charge in [-0.2, -0.15) is 0 Å². The van der Waals surface area contributed by atoms with Gasteiger partial charge >= 0.3 is 11.9 Å². The van der Waals surface area contributed by atoms with Crippen molar-refractivity contribution in [3.05, 3.63) is 30.1 Å². The molecule has 1 aromatic rings. The largest absolute Gasteiger partial charge is 0.481 e. The van der Waals surface area contributed by atoms with Crippen LogP contribution in [0.2, 0.25) is 0 Å². The molecule has 102 valence electrons. The molecule has 0 aliphatic rings. The molecule has 0 radical (unpaired) electrons. The summed E-state index contributed by atoms with van der Waals surface area (Å²) in [4.78, 5) is 36.8. The molecule has 0 spiro atoms. The summed E-state index contributed by atoms with van der Waals surface area (Å²) in [5, 5.41) is 19.7. The van der Waals surface area contributed by atoms with Crippen LogP contribution in [0.15, 0.2) is 24.4 Å². The summed E-state index contributed by atoms with van der Waals surface area (Å²) >= 11 is 0. The van der Waals surface area contributed by atoms with Crippen molar-refractivity contribution in [3.63, 3.8) is 0 Å². The van der Waals surface area contributed by atoms with Crippen molar-refractivity contribution in [2.24, 2.45) is 0 Å². The van der Waals surface area contributed by atoms with Gasteiger partial charge < -0.3 is 15.5 Å². The third-order valence-electron chi connectivity index (χ3n) is 2.38. The predicted octanol–water partition coefficient (Wildman–Crippen LogP) is 0.520. The smallest absolute Gasteiger partial charge is 0.326 e. The maximum absolute atomic E-state index is 11.7. The Morgan fingerprint density at radius 2 is 2.00 bits per heavy atom. The molecule has 0 aliphatic carbocycles. The summed E-state index contributed by atoms with van der Waals surface area (Å²) in [7, 11) is 0. The third kappa shape index (κ3) is 5.15. The lowest BCUT2D eigenvalue weighted by Crippen LogP contribution is -2.41. The number of pyridine rings is 1. The molecule has 0 bridgehead atoms. The van der Waals surface area contributed by atoms with Crippen LogP contribution < -0.4 is 5.32 Å². The van der Waals surface area contributed by atoms with E-state index in [1.54, 1.807) is 12.1 Å². The second-order valence-electron chi connectivity index (χ2n) is 3.87. The minimum atomic E-state index is -1.20. The molecule has 7 nitrogen and oxygen atoms in total. The van der Waals surface area contributed by atoms with E-state index in [1.165, 1.54) is 12.3 Å². The highest BCUT2D eigenvalue weighted by molar-refractivity contribution is 5.94. The van der Waals surface area contributed by atoms with Crippen LogP contribution >= 0.6 is 0 Å². The maximum Gasteiger partial charge on any atom is 0.326 e. The van der Waals surface area contributed by atoms with Gasteiger partial charge in [0.2, 0.25) is 0 Å². The van der Waals surface area contributed by atoms with E-state index in [0.29, 0.717) is 0 Å². The number of carbonyl (C=O) groups is 3. The number of carboxylic acids is 2. The van der Waals surface area contributed by atoms with E-state index in [-0.39, 0.29) is 25.0 Å². The molecule has 1 atom stereocenters. The van der Waals surface area contributed by atoms with Crippen molar-refractivity contribution >= 4 is 17.8 Å². The Balaban J connectivity index is 2.56. The molecule has 0 aromatic carbocycles. The first-order valence-corrected chi connectivity index (χ1v) is 5.67. The van der Waals surface area contributed by atoms with Gasteiger partial charge in [0.05, 0.1) is 0 Å². The lowest BCUT2D eigenvalue weighted by molar-refractivity contribution is -0.140. The van der Waals surface area contributed by atoms with E-state index in [0.717, 1.165) is 0 Å². The number of amides is 1. The zero-order chi connectivity index (χ0) is 14.3. The quantitative estimate of drug-likeness (QED) is 0.662. The zero-order valence-electron chi connectivity index (χ0n) is 10.1. The molecule has 1 aromatic heterocycles. The average Bonchev–Trinajstić information content (AvgIpc) is 2.37. The maximum atomic E-state index is 11.7. The number of hydrogen-bond acceptors (Lipinski definition) is 4. The van der Waals surface area contributed by atoms with E-state index < -0.39 is 23.9 Å². The Bertz CT molecular complexity index is 460. The number of carboxylic acid groups (broad SMARTS) is 2. The van der Waals surface area contributed by atoms with Gasteiger partial charge in [-0.05, 0) is 25.0 Å². The number of rotatable bonds is 7. The van der Waals surface area contributed by atoms with Gasteiger partial charge in [0, 0.05) is 12.6 Å². The number of nitrogens with zero attached hydrogens (tertiary/aromatic N) is 1. The fourth-order valence-electron chi connectivity index (χ4n) is 1.44. The SMILES string of the molecule is O=C(O)CCC[C@@H](NC(=O)c1ccccn1)C(=O)O. The van der Waals surface area contributed by atoms with E-state index in [4.69, 9.17) is 10.2 Å². The molecule has 0 saturated carbocycles.